The topological polar surface area (TPSA) is 74.6 Å². The van der Waals surface area contributed by atoms with E-state index in [2.05, 4.69) is 6.92 Å². The Morgan fingerprint density at radius 2 is 0.893 bits per heavy atom. The van der Waals surface area contributed by atoms with Gasteiger partial charge in [-0.15, -0.1) is 0 Å². The zero-order valence-electron chi connectivity index (χ0n) is 18.5. The lowest BCUT2D eigenvalue weighted by Gasteiger charge is -2.10. The first-order chi connectivity index (χ1) is 13.5. The van der Waals surface area contributed by atoms with E-state index in [9.17, 15) is 13.5 Å². The van der Waals surface area contributed by atoms with E-state index in [0.29, 0.717) is 6.42 Å². The summed E-state index contributed by atoms with van der Waals surface area (Å²) < 4.78 is 29.8. The third-order valence-electron chi connectivity index (χ3n) is 5.58. The summed E-state index contributed by atoms with van der Waals surface area (Å²) in [5.41, 5.74) is 0. The Hall–Kier alpha value is -0.130. The van der Waals surface area contributed by atoms with Crippen LogP contribution in [0, 0.1) is 0 Å². The van der Waals surface area contributed by atoms with Crippen LogP contribution in [-0.4, -0.2) is 29.9 Å². The molecule has 0 spiro atoms. The molecule has 0 aromatic rings. The maximum Gasteiger partial charge on any atom is 0.264 e. The molecule has 0 heterocycles. The average Bonchev–Trinajstić information content (AvgIpc) is 2.64. The molecule has 0 aliphatic carbocycles. The van der Waals surface area contributed by atoms with Crippen LogP contribution < -0.4 is 0 Å². The summed E-state index contributed by atoms with van der Waals surface area (Å²) in [4.78, 5) is 0. The average molecular weight is 421 g/mol. The van der Waals surface area contributed by atoms with Gasteiger partial charge < -0.3 is 5.11 Å². The summed E-state index contributed by atoms with van der Waals surface area (Å²) >= 11 is 0. The quantitative estimate of drug-likeness (QED) is 0.145. The molecular weight excluding hydrogens is 372 g/mol. The number of aliphatic hydroxyl groups is 1. The Balaban J connectivity index is 3.14. The van der Waals surface area contributed by atoms with Crippen LogP contribution in [0.25, 0.3) is 0 Å². The maximum absolute atomic E-state index is 10.6. The molecule has 2 N–H and O–H groups in total. The summed E-state index contributed by atoms with van der Waals surface area (Å²) in [7, 11) is -3.76. The van der Waals surface area contributed by atoms with Crippen molar-refractivity contribution < 1.29 is 18.1 Å². The van der Waals surface area contributed by atoms with Gasteiger partial charge in [0.05, 0.1) is 11.9 Å². The molecule has 0 saturated heterocycles. The summed E-state index contributed by atoms with van der Waals surface area (Å²) in [6, 6.07) is 0. The van der Waals surface area contributed by atoms with Crippen molar-refractivity contribution in [2.75, 3.05) is 5.75 Å². The van der Waals surface area contributed by atoms with Crippen LogP contribution in [0.2, 0.25) is 0 Å². The van der Waals surface area contributed by atoms with E-state index in [1.54, 1.807) is 0 Å². The highest BCUT2D eigenvalue weighted by atomic mass is 32.2. The molecule has 0 aromatic carbocycles. The second kappa shape index (κ2) is 20.2. The second-order valence-electron chi connectivity index (χ2n) is 8.53. The molecule has 0 fully saturated rings. The van der Waals surface area contributed by atoms with Gasteiger partial charge in [-0.25, -0.2) is 0 Å². The first-order valence-corrected chi connectivity index (χ1v) is 13.7. The van der Waals surface area contributed by atoms with Crippen LogP contribution >= 0.6 is 0 Å². The molecule has 0 bridgehead atoms. The minimum atomic E-state index is -3.76. The van der Waals surface area contributed by atoms with Crippen molar-refractivity contribution in [1.29, 1.82) is 0 Å². The third-order valence-corrected chi connectivity index (χ3v) is 6.39. The van der Waals surface area contributed by atoms with Gasteiger partial charge in [0.15, 0.2) is 0 Å². The van der Waals surface area contributed by atoms with Crippen molar-refractivity contribution in [2.24, 2.45) is 0 Å². The van der Waals surface area contributed by atoms with E-state index in [1.807, 2.05) is 0 Å². The highest BCUT2D eigenvalue weighted by Gasteiger charge is 2.04. The largest absolute Gasteiger partial charge is 0.393 e. The SMILES string of the molecule is CCCCCCC(O)CCCCCCCCCCCCCCCCS(=O)(=O)O. The Bertz CT molecular complexity index is 409. The normalized spacial score (nSPS) is 13.1. The van der Waals surface area contributed by atoms with Crippen LogP contribution in [0.3, 0.4) is 0 Å². The number of aliphatic hydroxyl groups excluding tert-OH is 1. The van der Waals surface area contributed by atoms with E-state index >= 15 is 0 Å². The lowest BCUT2D eigenvalue weighted by atomic mass is 10.0. The summed E-state index contributed by atoms with van der Waals surface area (Å²) in [6.07, 6.45) is 23.6. The molecule has 5 heteroatoms. The van der Waals surface area contributed by atoms with Crippen molar-refractivity contribution >= 4 is 10.1 Å². The minimum absolute atomic E-state index is 0.0698. The Kier molecular flexibility index (Phi) is 20.1. The van der Waals surface area contributed by atoms with Gasteiger partial charge in [-0.3, -0.25) is 4.55 Å². The zero-order chi connectivity index (χ0) is 20.9. The van der Waals surface area contributed by atoms with Crippen LogP contribution in [0.1, 0.15) is 135 Å². The third kappa shape index (κ3) is 23.9. The van der Waals surface area contributed by atoms with Gasteiger partial charge in [0.25, 0.3) is 10.1 Å². The molecule has 1 atom stereocenters. The first kappa shape index (κ1) is 27.9. The van der Waals surface area contributed by atoms with Crippen molar-refractivity contribution in [3.8, 4) is 0 Å². The smallest absolute Gasteiger partial charge is 0.264 e. The molecule has 0 aliphatic heterocycles. The molecule has 0 radical (unpaired) electrons. The van der Waals surface area contributed by atoms with E-state index < -0.39 is 10.1 Å². The van der Waals surface area contributed by atoms with Gasteiger partial charge in [0.1, 0.15) is 0 Å². The fraction of sp³-hybridized carbons (Fsp3) is 1.00. The first-order valence-electron chi connectivity index (χ1n) is 12.1. The van der Waals surface area contributed by atoms with E-state index in [1.165, 1.54) is 96.3 Å². The lowest BCUT2D eigenvalue weighted by molar-refractivity contribution is 0.147. The standard InChI is InChI=1S/C23H48O4S/c1-2-3-4-17-20-23(24)21-18-15-13-11-9-7-5-6-8-10-12-14-16-19-22-28(25,26)27/h23-24H,2-22H2,1H3,(H,25,26,27). The van der Waals surface area contributed by atoms with Crippen molar-refractivity contribution in [2.45, 2.75) is 141 Å². The fourth-order valence-corrected chi connectivity index (χ4v) is 4.31. The molecule has 0 rings (SSSR count). The fourth-order valence-electron chi connectivity index (χ4n) is 3.74. The van der Waals surface area contributed by atoms with Gasteiger partial charge in [-0.2, -0.15) is 8.42 Å². The van der Waals surface area contributed by atoms with Gasteiger partial charge in [0.2, 0.25) is 0 Å². The van der Waals surface area contributed by atoms with Crippen molar-refractivity contribution in [3.05, 3.63) is 0 Å². The van der Waals surface area contributed by atoms with Gasteiger partial charge in [-0.1, -0.05) is 116 Å². The molecule has 0 amide bonds. The molecular formula is C23H48O4S. The monoisotopic (exact) mass is 420 g/mol. The Morgan fingerprint density at radius 3 is 1.25 bits per heavy atom. The molecule has 4 nitrogen and oxygen atoms in total. The number of hydrogen-bond acceptors (Lipinski definition) is 3. The molecule has 1 unspecified atom stereocenters. The van der Waals surface area contributed by atoms with Crippen molar-refractivity contribution in [3.63, 3.8) is 0 Å². The minimum Gasteiger partial charge on any atom is -0.393 e. The lowest BCUT2D eigenvalue weighted by Crippen LogP contribution is -2.05. The van der Waals surface area contributed by atoms with Gasteiger partial charge in [0, 0.05) is 0 Å². The van der Waals surface area contributed by atoms with Crippen LogP contribution in [0.4, 0.5) is 0 Å². The predicted octanol–water partition coefficient (Wildman–Crippen LogP) is 7.06. The Labute approximate surface area is 175 Å². The van der Waals surface area contributed by atoms with Crippen LogP contribution in [0.15, 0.2) is 0 Å². The number of unbranched alkanes of at least 4 members (excludes halogenated alkanes) is 16. The summed E-state index contributed by atoms with van der Waals surface area (Å²) in [5.74, 6) is -0.0906. The second-order valence-corrected chi connectivity index (χ2v) is 10.1. The summed E-state index contributed by atoms with van der Waals surface area (Å²) in [5, 5.41) is 9.95. The number of rotatable bonds is 22. The maximum atomic E-state index is 10.6. The van der Waals surface area contributed by atoms with E-state index in [0.717, 1.165) is 25.7 Å². The molecule has 0 aliphatic rings. The highest BCUT2D eigenvalue weighted by molar-refractivity contribution is 7.85. The van der Waals surface area contributed by atoms with Crippen LogP contribution in [0.5, 0.6) is 0 Å². The molecule has 28 heavy (non-hydrogen) atoms. The van der Waals surface area contributed by atoms with Gasteiger partial charge >= 0.3 is 0 Å². The molecule has 170 valence electrons. The predicted molar refractivity (Wildman–Crippen MR) is 120 cm³/mol. The van der Waals surface area contributed by atoms with E-state index in [4.69, 9.17) is 4.55 Å². The van der Waals surface area contributed by atoms with Crippen molar-refractivity contribution in [1.82, 2.24) is 0 Å². The molecule has 0 aromatic heterocycles. The van der Waals surface area contributed by atoms with E-state index in [-0.39, 0.29) is 11.9 Å². The Morgan fingerprint density at radius 1 is 0.571 bits per heavy atom. The van der Waals surface area contributed by atoms with Gasteiger partial charge in [-0.05, 0) is 19.3 Å². The summed E-state index contributed by atoms with van der Waals surface area (Å²) in [6.45, 7) is 2.22. The number of hydrogen-bond donors (Lipinski definition) is 2. The highest BCUT2D eigenvalue weighted by Crippen LogP contribution is 2.15. The molecule has 0 saturated carbocycles. The zero-order valence-corrected chi connectivity index (χ0v) is 19.4. The van der Waals surface area contributed by atoms with Crippen LogP contribution in [-0.2, 0) is 10.1 Å².